The molecular weight excluding hydrogens is 203 g/mol. The van der Waals surface area contributed by atoms with Crippen LogP contribution in [0, 0.1) is 11.8 Å². The van der Waals surface area contributed by atoms with Crippen molar-refractivity contribution in [2.24, 2.45) is 11.8 Å². The normalized spacial score (nSPS) is 33.4. The molecule has 2 atom stereocenters. The predicted octanol–water partition coefficient (Wildman–Crippen LogP) is 3.35. The van der Waals surface area contributed by atoms with Gasteiger partial charge in [-0.3, -0.25) is 0 Å². The summed E-state index contributed by atoms with van der Waals surface area (Å²) in [7, 11) is 1.43. The topological polar surface area (TPSA) is 12.0 Å². The van der Waals surface area contributed by atoms with E-state index >= 15 is 0 Å². The fraction of sp³-hybridized carbons (Fsp3) is 1.00. The molecule has 15 heavy (non-hydrogen) atoms. The fourth-order valence-corrected chi connectivity index (χ4v) is 2.51. The molecule has 1 aliphatic rings. The summed E-state index contributed by atoms with van der Waals surface area (Å²) in [4.78, 5) is 0. The average Bonchev–Trinajstić information content (AvgIpc) is 2.16. The third kappa shape index (κ3) is 2.47. The van der Waals surface area contributed by atoms with E-state index in [0.29, 0.717) is 12.3 Å². The van der Waals surface area contributed by atoms with E-state index in [4.69, 9.17) is 0 Å². The molecule has 1 saturated carbocycles. The largest absolute Gasteiger partial charge is 0.406 e. The second-order valence-electron chi connectivity index (χ2n) is 4.93. The second kappa shape index (κ2) is 4.32. The minimum atomic E-state index is -4.13. The van der Waals surface area contributed by atoms with E-state index < -0.39 is 11.7 Å². The van der Waals surface area contributed by atoms with Crippen molar-refractivity contribution in [1.82, 2.24) is 5.32 Å². The molecule has 0 aromatic heterocycles. The molecule has 0 saturated heterocycles. The van der Waals surface area contributed by atoms with Crippen LogP contribution >= 0.6 is 0 Å². The van der Waals surface area contributed by atoms with E-state index in [1.807, 2.05) is 13.8 Å². The van der Waals surface area contributed by atoms with Crippen LogP contribution in [0.1, 0.15) is 39.5 Å². The Kier molecular flexibility index (Phi) is 3.69. The molecule has 1 N–H and O–H groups in total. The lowest BCUT2D eigenvalue weighted by atomic mass is 9.71. The summed E-state index contributed by atoms with van der Waals surface area (Å²) in [6.45, 7) is 4.01. The van der Waals surface area contributed by atoms with Crippen LogP contribution < -0.4 is 5.32 Å². The number of hydrogen-bond acceptors (Lipinski definition) is 1. The second-order valence-corrected chi connectivity index (χ2v) is 4.93. The van der Waals surface area contributed by atoms with Gasteiger partial charge in [0.05, 0.1) is 0 Å². The number of halogens is 3. The smallest absolute Gasteiger partial charge is 0.307 e. The molecule has 4 heteroatoms. The van der Waals surface area contributed by atoms with Crippen LogP contribution in [-0.2, 0) is 0 Å². The van der Waals surface area contributed by atoms with Crippen molar-refractivity contribution < 1.29 is 13.2 Å². The van der Waals surface area contributed by atoms with Crippen LogP contribution in [0.5, 0.6) is 0 Å². The van der Waals surface area contributed by atoms with E-state index in [2.05, 4.69) is 5.32 Å². The first kappa shape index (κ1) is 12.8. The molecule has 0 radical (unpaired) electrons. The molecule has 1 nitrogen and oxygen atoms in total. The van der Waals surface area contributed by atoms with Gasteiger partial charge in [-0.05, 0) is 31.7 Å². The Morgan fingerprint density at radius 1 is 1.33 bits per heavy atom. The first-order valence-electron chi connectivity index (χ1n) is 5.58. The average molecular weight is 223 g/mol. The predicted molar refractivity (Wildman–Crippen MR) is 54.6 cm³/mol. The molecule has 0 aliphatic heterocycles. The van der Waals surface area contributed by atoms with Gasteiger partial charge >= 0.3 is 6.18 Å². The van der Waals surface area contributed by atoms with Gasteiger partial charge < -0.3 is 5.32 Å². The number of nitrogens with one attached hydrogen (secondary N) is 1. The molecule has 1 fully saturated rings. The van der Waals surface area contributed by atoms with E-state index in [0.717, 1.165) is 6.42 Å². The lowest BCUT2D eigenvalue weighted by Gasteiger charge is -2.43. The molecule has 0 amide bonds. The highest BCUT2D eigenvalue weighted by Gasteiger charge is 2.55. The van der Waals surface area contributed by atoms with Crippen LogP contribution in [0.25, 0.3) is 0 Å². The minimum Gasteiger partial charge on any atom is -0.307 e. The van der Waals surface area contributed by atoms with Gasteiger partial charge in [-0.2, -0.15) is 13.2 Å². The van der Waals surface area contributed by atoms with Gasteiger partial charge in [0.25, 0.3) is 0 Å². The minimum absolute atomic E-state index is 0.188. The molecule has 1 rings (SSSR count). The van der Waals surface area contributed by atoms with Crippen LogP contribution in [-0.4, -0.2) is 18.8 Å². The Labute approximate surface area is 89.4 Å². The van der Waals surface area contributed by atoms with Gasteiger partial charge in [0.15, 0.2) is 0 Å². The maximum Gasteiger partial charge on any atom is 0.406 e. The van der Waals surface area contributed by atoms with Crippen molar-refractivity contribution >= 4 is 0 Å². The highest BCUT2D eigenvalue weighted by atomic mass is 19.4. The quantitative estimate of drug-likeness (QED) is 0.757. The fourth-order valence-electron chi connectivity index (χ4n) is 2.51. The molecule has 1 aliphatic carbocycles. The van der Waals surface area contributed by atoms with E-state index in [-0.39, 0.29) is 18.8 Å². The summed E-state index contributed by atoms with van der Waals surface area (Å²) in [5.74, 6) is 0.521. The molecule has 0 aromatic rings. The number of hydrogen-bond donors (Lipinski definition) is 1. The third-order valence-corrected chi connectivity index (χ3v) is 3.75. The first-order chi connectivity index (χ1) is 6.82. The molecule has 0 heterocycles. The zero-order valence-electron chi connectivity index (χ0n) is 9.62. The monoisotopic (exact) mass is 223 g/mol. The highest BCUT2D eigenvalue weighted by Crippen LogP contribution is 2.45. The molecule has 0 bridgehead atoms. The summed E-state index contributed by atoms with van der Waals surface area (Å²) < 4.78 is 38.9. The van der Waals surface area contributed by atoms with Crippen molar-refractivity contribution in [1.29, 1.82) is 0 Å². The summed E-state index contributed by atoms with van der Waals surface area (Å²) in [5, 5.41) is 2.52. The summed E-state index contributed by atoms with van der Waals surface area (Å²) >= 11 is 0. The van der Waals surface area contributed by atoms with Crippen LogP contribution in [0.3, 0.4) is 0 Å². The number of rotatable bonds is 2. The van der Waals surface area contributed by atoms with Crippen LogP contribution in [0.4, 0.5) is 13.2 Å². The van der Waals surface area contributed by atoms with Gasteiger partial charge in [-0.25, -0.2) is 0 Å². The van der Waals surface area contributed by atoms with Crippen molar-refractivity contribution in [2.75, 3.05) is 7.05 Å². The van der Waals surface area contributed by atoms with Crippen molar-refractivity contribution in [3.05, 3.63) is 0 Å². The Balaban J connectivity index is 2.82. The molecular formula is C11H20F3N. The summed E-state index contributed by atoms with van der Waals surface area (Å²) in [6, 6.07) is 0. The van der Waals surface area contributed by atoms with Gasteiger partial charge in [0, 0.05) is 0 Å². The molecule has 0 spiro atoms. The number of alkyl halides is 3. The molecule has 0 aromatic carbocycles. The maximum absolute atomic E-state index is 13.0. The Bertz CT molecular complexity index is 212. The van der Waals surface area contributed by atoms with Crippen LogP contribution in [0.15, 0.2) is 0 Å². The SMILES string of the molecule is CNC1(C(F)(F)F)CCCC(C(C)C)C1. The van der Waals surface area contributed by atoms with Crippen molar-refractivity contribution in [2.45, 2.75) is 51.2 Å². The Morgan fingerprint density at radius 2 is 1.93 bits per heavy atom. The van der Waals surface area contributed by atoms with Gasteiger partial charge in [0.1, 0.15) is 5.54 Å². The van der Waals surface area contributed by atoms with E-state index in [9.17, 15) is 13.2 Å². The van der Waals surface area contributed by atoms with E-state index in [1.54, 1.807) is 0 Å². The van der Waals surface area contributed by atoms with E-state index in [1.165, 1.54) is 7.05 Å². The molecule has 90 valence electrons. The van der Waals surface area contributed by atoms with Crippen LogP contribution in [0.2, 0.25) is 0 Å². The summed E-state index contributed by atoms with van der Waals surface area (Å²) in [6.07, 6.45) is -2.09. The lowest BCUT2D eigenvalue weighted by Crippen LogP contribution is -2.58. The zero-order chi connectivity index (χ0) is 11.7. The van der Waals surface area contributed by atoms with Gasteiger partial charge in [-0.15, -0.1) is 0 Å². The highest BCUT2D eigenvalue weighted by molar-refractivity contribution is 4.99. The van der Waals surface area contributed by atoms with Crippen molar-refractivity contribution in [3.63, 3.8) is 0 Å². The Hall–Kier alpha value is -0.250. The zero-order valence-corrected chi connectivity index (χ0v) is 9.62. The standard InChI is InChI=1S/C11H20F3N/c1-8(2)9-5-4-6-10(7-9,15-3)11(12,13)14/h8-9,15H,4-7H2,1-3H3. The Morgan fingerprint density at radius 3 is 2.33 bits per heavy atom. The lowest BCUT2D eigenvalue weighted by molar-refractivity contribution is -0.209. The van der Waals surface area contributed by atoms with Crippen molar-refractivity contribution in [3.8, 4) is 0 Å². The molecule has 2 unspecified atom stereocenters. The van der Waals surface area contributed by atoms with Gasteiger partial charge in [0.2, 0.25) is 0 Å². The van der Waals surface area contributed by atoms with Gasteiger partial charge in [-0.1, -0.05) is 26.7 Å². The first-order valence-corrected chi connectivity index (χ1v) is 5.58. The maximum atomic E-state index is 13.0. The summed E-state index contributed by atoms with van der Waals surface area (Å²) in [5.41, 5.74) is -1.64. The third-order valence-electron chi connectivity index (χ3n) is 3.75.